The van der Waals surface area contributed by atoms with Crippen molar-refractivity contribution >= 4 is 42.6 Å². The fourth-order valence-corrected chi connectivity index (χ4v) is 4.97. The zero-order valence-electron chi connectivity index (χ0n) is 27.4. The van der Waals surface area contributed by atoms with Crippen LogP contribution in [0.5, 0.6) is 5.75 Å². The first-order valence-electron chi connectivity index (χ1n) is 14.8. The number of aromatic nitrogens is 2. The zero-order valence-corrected chi connectivity index (χ0v) is 26.0. The molecule has 0 radical (unpaired) electrons. The van der Waals surface area contributed by atoms with Gasteiger partial charge in [0.2, 0.25) is 11.8 Å². The Hall–Kier alpha value is -4.38. The number of nitrogens with two attached hydrogens (primary N) is 2. The maximum Gasteiger partial charge on any atom is 0.339 e. The number of H-pyrrole nitrogens is 1. The van der Waals surface area contributed by atoms with Gasteiger partial charge in [-0.05, 0) is 79.3 Å². The van der Waals surface area contributed by atoms with Gasteiger partial charge >= 0.3 is 5.97 Å². The molecule has 0 aliphatic heterocycles. The lowest BCUT2D eigenvalue weighted by atomic mass is 9.93. The lowest BCUT2D eigenvalue weighted by Crippen LogP contribution is -2.46. The quantitative estimate of drug-likeness (QED) is 0.167. The molecule has 0 bridgehead atoms. The van der Waals surface area contributed by atoms with Crippen LogP contribution in [0.15, 0.2) is 66.9 Å². The van der Waals surface area contributed by atoms with E-state index in [0.29, 0.717) is 17.0 Å². The topological polar surface area (TPSA) is 165 Å². The number of benzene rings is 3. The van der Waals surface area contributed by atoms with E-state index in [4.69, 9.17) is 20.3 Å². The van der Waals surface area contributed by atoms with Gasteiger partial charge in [-0.3, -0.25) is 9.59 Å². The molecule has 0 aliphatic carbocycles. The van der Waals surface area contributed by atoms with Crippen LogP contribution in [0.3, 0.4) is 0 Å². The first-order chi connectivity index (χ1) is 21.1. The first-order valence-corrected chi connectivity index (χ1v) is 13.3. The van der Waals surface area contributed by atoms with E-state index in [1.807, 2.05) is 44.2 Å². The molecule has 0 spiro atoms. The molecule has 4 rings (SSSR count). The largest absolute Gasteiger partial charge is 0.496 e. The van der Waals surface area contributed by atoms with E-state index in [1.54, 1.807) is 25.3 Å². The highest BCUT2D eigenvalue weighted by atomic mass is 35.5. The molecule has 0 saturated carbocycles. The number of carboxylic acids is 1. The van der Waals surface area contributed by atoms with Gasteiger partial charge in [0.05, 0.1) is 35.1 Å². The minimum absolute atomic E-state index is 0. The summed E-state index contributed by atoms with van der Waals surface area (Å²) in [6, 6.07) is 15.2. The van der Waals surface area contributed by atoms with E-state index in [0.717, 1.165) is 27.9 Å². The lowest BCUT2D eigenvalue weighted by molar-refractivity contribution is -0.135. The van der Waals surface area contributed by atoms with Crippen molar-refractivity contribution in [2.45, 2.75) is 45.8 Å². The molecule has 12 heteroatoms. The number of aryl methyl sites for hydroxylation is 2. The average Bonchev–Trinajstić information content (AvgIpc) is 3.47. The predicted molar refractivity (Wildman–Crippen MR) is 174 cm³/mol. The highest BCUT2D eigenvalue weighted by Gasteiger charge is 2.29. The number of ether oxygens (including phenoxy) is 1. The predicted octanol–water partition coefficient (Wildman–Crippen LogP) is 5.00. The minimum atomic E-state index is -2.85. The van der Waals surface area contributed by atoms with Gasteiger partial charge in [-0.2, -0.15) is 0 Å². The molecule has 1 aromatic heterocycles. The summed E-state index contributed by atoms with van der Waals surface area (Å²) in [6.45, 7) is 5.34. The van der Waals surface area contributed by atoms with Crippen LogP contribution in [0.4, 0.5) is 0 Å². The van der Waals surface area contributed by atoms with Gasteiger partial charge in [0, 0.05) is 12.1 Å². The van der Waals surface area contributed by atoms with Crippen LogP contribution in [0, 0.1) is 13.8 Å². The number of hydrogen-bond acceptors (Lipinski definition) is 6. The Labute approximate surface area is 272 Å². The Balaban J connectivity index is 0.00000384. The highest BCUT2D eigenvalue weighted by molar-refractivity contribution is 5.93. The summed E-state index contributed by atoms with van der Waals surface area (Å²) >= 11 is 0. The monoisotopic (exact) mass is 645 g/mol. The van der Waals surface area contributed by atoms with Crippen LogP contribution in [0.1, 0.15) is 65.9 Å². The number of nitrogens with zero attached hydrogens (tertiary/aromatic N) is 2. The van der Waals surface area contributed by atoms with E-state index >= 15 is 0 Å². The number of aromatic amines is 1. The van der Waals surface area contributed by atoms with Crippen LogP contribution in [0.25, 0.3) is 11.3 Å². The number of halogens is 2. The average molecular weight is 647 g/mol. The fourth-order valence-electron chi connectivity index (χ4n) is 4.97. The maximum atomic E-state index is 14.1. The van der Waals surface area contributed by atoms with Gasteiger partial charge in [-0.15, -0.1) is 24.8 Å². The number of carbonyl (C=O) groups excluding carboxylic acids is 2. The Bertz CT molecular complexity index is 1710. The molecular formula is C32H37Cl2N5O5. The van der Waals surface area contributed by atoms with E-state index in [2.05, 4.69) is 9.97 Å². The van der Waals surface area contributed by atoms with E-state index in [1.165, 1.54) is 23.1 Å². The van der Waals surface area contributed by atoms with Crippen molar-refractivity contribution in [3.63, 3.8) is 0 Å². The Kier molecular flexibility index (Phi) is 10.9. The molecule has 0 saturated heterocycles. The van der Waals surface area contributed by atoms with Gasteiger partial charge in [0.25, 0.3) is 0 Å². The van der Waals surface area contributed by atoms with Crippen molar-refractivity contribution < 1.29 is 28.3 Å². The van der Waals surface area contributed by atoms with Crippen LogP contribution in [-0.2, 0) is 17.8 Å². The second-order valence-corrected chi connectivity index (χ2v) is 10.2. The van der Waals surface area contributed by atoms with Crippen molar-refractivity contribution in [1.82, 2.24) is 14.9 Å². The summed E-state index contributed by atoms with van der Waals surface area (Å²) in [6.07, 6.45) is 1.83. The number of imidazole rings is 1. The van der Waals surface area contributed by atoms with Gasteiger partial charge in [-0.1, -0.05) is 36.4 Å². The molecular weight excluding hydrogens is 606 g/mol. The summed E-state index contributed by atoms with van der Waals surface area (Å²) in [7, 11) is -2.85. The summed E-state index contributed by atoms with van der Waals surface area (Å²) in [5.41, 5.74) is 16.4. The third-order valence-corrected chi connectivity index (χ3v) is 7.29. The molecule has 0 fully saturated rings. The summed E-state index contributed by atoms with van der Waals surface area (Å²) in [5, 5.41) is 9.78. The number of nitrogens with one attached hydrogen (secondary N) is 1. The molecule has 234 valence electrons. The molecule has 6 N–H and O–H groups in total. The summed E-state index contributed by atoms with van der Waals surface area (Å²) in [5.74, 6) is -2.22. The number of hydrogen-bond donors (Lipinski definition) is 4. The second kappa shape index (κ2) is 15.4. The standard InChI is InChI=1S/C32H35N5O5.2ClH/c1-18-12-23(29(34)38)13-19(2)24(18)15-26(33)31(39)37(17-21-10-11-28(42-4)25(14-21)32(40)41)20(3)30-35-16-27(36-30)22-8-6-5-7-9-22;;/h5-14,16,20,26H,15,17,33H2,1-4H3,(H2,34,38)(H,35,36)(H,40,41);2*1H/t20-,26-;;/m0../s1/i4+1D3;;. The molecule has 0 unspecified atom stereocenters. The van der Waals surface area contributed by atoms with Crippen molar-refractivity contribution in [3.8, 4) is 17.0 Å². The summed E-state index contributed by atoms with van der Waals surface area (Å²) in [4.78, 5) is 47.1. The van der Waals surface area contributed by atoms with Crippen molar-refractivity contribution in [2.24, 2.45) is 11.5 Å². The maximum absolute atomic E-state index is 14.1. The molecule has 4 aromatic rings. The molecule has 2 amide bonds. The number of methoxy groups -OCH3 is 1. The SMILES string of the molecule is Cl.Cl.[2H][13C]([2H])([2H])Oc1ccc(CN(C(=O)[C@@H](N)Cc2c(C)cc(C(N)=O)cc2C)[C@@H](C)c2ncc(-c3ccccc3)[nH]2)cc1C(=O)O. The van der Waals surface area contributed by atoms with Gasteiger partial charge in [0.15, 0.2) is 0 Å². The molecule has 10 nitrogen and oxygen atoms in total. The number of rotatable bonds is 11. The molecule has 3 aromatic carbocycles. The molecule has 44 heavy (non-hydrogen) atoms. The Morgan fingerprint density at radius 1 is 1.07 bits per heavy atom. The van der Waals surface area contributed by atoms with Crippen LogP contribution in [0.2, 0.25) is 0 Å². The number of carboxylic acid groups (broad SMARTS) is 1. The third-order valence-electron chi connectivity index (χ3n) is 7.29. The number of aromatic carboxylic acids is 1. The first kappa shape index (κ1) is 31.1. The minimum Gasteiger partial charge on any atom is -0.496 e. The van der Waals surface area contributed by atoms with Crippen LogP contribution < -0.4 is 16.2 Å². The number of amides is 2. The number of carbonyl (C=O) groups is 3. The smallest absolute Gasteiger partial charge is 0.339 e. The van der Waals surface area contributed by atoms with Crippen LogP contribution >= 0.6 is 24.8 Å². The van der Waals surface area contributed by atoms with E-state index in [9.17, 15) is 19.5 Å². The molecule has 0 aliphatic rings. The zero-order chi connectivity index (χ0) is 33.1. The molecule has 1 heterocycles. The van der Waals surface area contributed by atoms with Crippen molar-refractivity contribution in [3.05, 3.63) is 106 Å². The lowest BCUT2D eigenvalue weighted by Gasteiger charge is -2.31. The van der Waals surface area contributed by atoms with Crippen LogP contribution in [-0.4, -0.2) is 50.8 Å². The van der Waals surface area contributed by atoms with E-state index in [-0.39, 0.29) is 49.1 Å². The fraction of sp³-hybridized carbons (Fsp3) is 0.250. The van der Waals surface area contributed by atoms with Gasteiger partial charge in [-0.25, -0.2) is 9.78 Å². The van der Waals surface area contributed by atoms with Gasteiger partial charge < -0.3 is 31.2 Å². The highest BCUT2D eigenvalue weighted by Crippen LogP contribution is 2.28. The number of primary amides is 1. The third kappa shape index (κ3) is 7.96. The summed E-state index contributed by atoms with van der Waals surface area (Å²) < 4.78 is 27.0. The normalized spacial score (nSPS) is 13.1. The Morgan fingerprint density at radius 3 is 2.32 bits per heavy atom. The van der Waals surface area contributed by atoms with Gasteiger partial charge in [0.1, 0.15) is 17.1 Å². The van der Waals surface area contributed by atoms with Crippen molar-refractivity contribution in [2.75, 3.05) is 7.04 Å². The second-order valence-electron chi connectivity index (χ2n) is 10.2. The Morgan fingerprint density at radius 2 is 1.73 bits per heavy atom. The van der Waals surface area contributed by atoms with Crippen molar-refractivity contribution in [1.29, 1.82) is 0 Å². The molecule has 2 atom stereocenters. The van der Waals surface area contributed by atoms with E-state index < -0.39 is 36.9 Å².